The molecule has 0 N–H and O–H groups in total. The van der Waals surface area contributed by atoms with Gasteiger partial charge in [-0.2, -0.15) is 0 Å². The minimum absolute atomic E-state index is 0. The molecule has 0 aliphatic carbocycles. The van der Waals surface area contributed by atoms with Gasteiger partial charge in [-0.15, -0.1) is 0 Å². The van der Waals surface area contributed by atoms with Crippen molar-refractivity contribution >= 4 is 21.5 Å². The molecule has 0 heteroatoms. The molecule has 0 unspecified atom stereocenters. The number of fused-ring (bicyclic) bond motifs is 2. The van der Waals surface area contributed by atoms with Crippen LogP contribution >= 0.6 is 0 Å². The van der Waals surface area contributed by atoms with Crippen molar-refractivity contribution in [3.05, 3.63) is 97.1 Å². The van der Waals surface area contributed by atoms with E-state index < -0.39 is 0 Å². The lowest BCUT2D eigenvalue weighted by Gasteiger charge is -1.92. The van der Waals surface area contributed by atoms with Gasteiger partial charge in [0.15, 0.2) is 0 Å². The first-order valence-corrected chi connectivity index (χ1v) is 14.1. The summed E-state index contributed by atoms with van der Waals surface area (Å²) in [7, 11) is 0. The monoisotopic (exact) mass is 511 g/mol. The van der Waals surface area contributed by atoms with Crippen molar-refractivity contribution in [3.8, 4) is 0 Å². The molecule has 0 saturated carbocycles. The van der Waals surface area contributed by atoms with Crippen molar-refractivity contribution in [2.75, 3.05) is 0 Å². The molecule has 0 aliphatic rings. The minimum Gasteiger partial charge on any atom is -0.0776 e. The maximum absolute atomic E-state index is 2.12. The second kappa shape index (κ2) is 43.5. The third-order valence-electron chi connectivity index (χ3n) is 3.32. The lowest BCUT2D eigenvalue weighted by molar-refractivity contribution is 1.09. The topological polar surface area (TPSA) is 0 Å². The zero-order chi connectivity index (χ0) is 27.7. The normalized spacial score (nSPS) is 7.35. The summed E-state index contributed by atoms with van der Waals surface area (Å²) in [6, 6.07) is 33.4. The van der Waals surface area contributed by atoms with Gasteiger partial charge in [-0.3, -0.25) is 0 Å². The molecule has 0 bridgehead atoms. The van der Waals surface area contributed by atoms with E-state index in [1.165, 1.54) is 40.8 Å². The van der Waals surface area contributed by atoms with Gasteiger partial charge in [0, 0.05) is 0 Å². The second-order valence-corrected chi connectivity index (χ2v) is 6.82. The van der Waals surface area contributed by atoms with Crippen LogP contribution in [-0.2, 0) is 0 Å². The van der Waals surface area contributed by atoms with Crippen molar-refractivity contribution < 1.29 is 0 Å². The highest BCUT2D eigenvalue weighted by Crippen LogP contribution is 2.12. The van der Waals surface area contributed by atoms with Crippen molar-refractivity contribution in [1.29, 1.82) is 0 Å². The Kier molecular flexibility index (Phi) is 55.9. The van der Waals surface area contributed by atoms with Crippen LogP contribution in [0, 0.1) is 0 Å². The van der Waals surface area contributed by atoms with Crippen LogP contribution in [0.25, 0.3) is 21.5 Å². The van der Waals surface area contributed by atoms with Crippen LogP contribution in [0.4, 0.5) is 0 Å². The predicted octanol–water partition coefficient (Wildman–Crippen LogP) is 14.3. The number of rotatable bonds is 0. The average Bonchev–Trinajstić information content (AvgIpc) is 2.94. The largest absolute Gasteiger partial charge is 0.0776 e. The molecule has 0 aromatic heterocycles. The second-order valence-electron chi connectivity index (χ2n) is 6.82. The first kappa shape index (κ1) is 47.6. The maximum Gasteiger partial charge on any atom is -0.0184 e. The molecule has 0 atom stereocenters. The van der Waals surface area contributed by atoms with Gasteiger partial charge in [-0.1, -0.05) is 214 Å². The summed E-state index contributed by atoms with van der Waals surface area (Å²) in [6.45, 7) is 24.8. The molecule has 0 nitrogen and oxygen atoms in total. The Hall–Kier alpha value is -2.60. The Morgan fingerprint density at radius 3 is 0.459 bits per heavy atom. The molecule has 4 aromatic carbocycles. The van der Waals surface area contributed by atoms with E-state index in [4.69, 9.17) is 0 Å². The molecule has 0 radical (unpaired) electrons. The fourth-order valence-corrected chi connectivity index (χ4v) is 2.27. The Morgan fingerprint density at radius 1 is 0.297 bits per heavy atom. The van der Waals surface area contributed by atoms with Gasteiger partial charge in [0.1, 0.15) is 0 Å². The highest BCUT2D eigenvalue weighted by atomic mass is 13.9. The highest BCUT2D eigenvalue weighted by Gasteiger charge is 1.86. The summed E-state index contributed by atoms with van der Waals surface area (Å²) in [4.78, 5) is 0. The first-order chi connectivity index (χ1) is 17.2. The molecule has 214 valence electrons. The van der Waals surface area contributed by atoms with E-state index >= 15 is 0 Å². The average molecular weight is 511 g/mol. The summed E-state index contributed by atoms with van der Waals surface area (Å²) in [6.07, 6.45) is 3.75. The maximum atomic E-state index is 2.12. The van der Waals surface area contributed by atoms with E-state index in [0.717, 1.165) is 0 Å². The van der Waals surface area contributed by atoms with Crippen LogP contribution in [-0.4, -0.2) is 0 Å². The summed E-state index contributed by atoms with van der Waals surface area (Å²) in [5, 5.41) is 5.24. The molecule has 0 spiro atoms. The smallest absolute Gasteiger partial charge is 0.0184 e. The fraction of sp³-hybridized carbons (Fsp3) is 0.459. The molecular weight excluding hydrogens is 444 g/mol. The molecule has 0 heterocycles. The van der Waals surface area contributed by atoms with Gasteiger partial charge in [0.05, 0.1) is 0 Å². The first-order valence-electron chi connectivity index (χ1n) is 14.1. The zero-order valence-electron chi connectivity index (χ0n) is 25.4. The van der Waals surface area contributed by atoms with Crippen molar-refractivity contribution in [3.63, 3.8) is 0 Å². The van der Waals surface area contributed by atoms with E-state index in [0.29, 0.717) is 0 Å². The van der Waals surface area contributed by atoms with Crippen molar-refractivity contribution in [2.45, 2.75) is 117 Å². The van der Waals surface area contributed by atoms with Crippen LogP contribution in [0.1, 0.15) is 117 Å². The molecule has 37 heavy (non-hydrogen) atoms. The molecule has 4 rings (SSSR count). The number of benzene rings is 4. The summed E-state index contributed by atoms with van der Waals surface area (Å²) < 4.78 is 0. The number of hydrogen-bond donors (Lipinski definition) is 0. The van der Waals surface area contributed by atoms with Gasteiger partial charge in [0.25, 0.3) is 0 Å². The van der Waals surface area contributed by atoms with E-state index in [2.05, 4.69) is 139 Å². The molecule has 0 fully saturated rings. The summed E-state index contributed by atoms with van der Waals surface area (Å²) >= 11 is 0. The van der Waals surface area contributed by atoms with Gasteiger partial charge < -0.3 is 0 Å². The molecule has 0 amide bonds. The van der Waals surface area contributed by atoms with Crippen molar-refractivity contribution in [2.24, 2.45) is 0 Å². The van der Waals surface area contributed by atoms with Crippen LogP contribution in [0.2, 0.25) is 0 Å². The minimum atomic E-state index is 0. The van der Waals surface area contributed by atoms with Crippen LogP contribution < -0.4 is 0 Å². The Balaban J connectivity index is -0.0000000835. The van der Waals surface area contributed by atoms with Gasteiger partial charge >= 0.3 is 0 Å². The lowest BCUT2D eigenvalue weighted by atomic mass is 10.1. The predicted molar refractivity (Wildman–Crippen MR) is 183 cm³/mol. The lowest BCUT2D eigenvalue weighted by Crippen LogP contribution is -1.67. The SMILES string of the molecule is C.C.CC.CC.CC.CCC.CCC.CCC.c1ccc2ccccc2c1.c1ccc2ccccc2c1. The third kappa shape index (κ3) is 29.5. The summed E-state index contributed by atoms with van der Waals surface area (Å²) in [5.41, 5.74) is 0. The van der Waals surface area contributed by atoms with Crippen molar-refractivity contribution in [1.82, 2.24) is 0 Å². The zero-order valence-corrected chi connectivity index (χ0v) is 25.4. The molecule has 0 saturated heterocycles. The van der Waals surface area contributed by atoms with Crippen LogP contribution in [0.5, 0.6) is 0 Å². The highest BCUT2D eigenvalue weighted by molar-refractivity contribution is 5.82. The van der Waals surface area contributed by atoms with Gasteiger partial charge in [-0.25, -0.2) is 0 Å². The summed E-state index contributed by atoms with van der Waals surface area (Å²) in [5.74, 6) is 0. The fourth-order valence-electron chi connectivity index (χ4n) is 2.27. The van der Waals surface area contributed by atoms with E-state index in [1.54, 1.807) is 0 Å². The third-order valence-corrected chi connectivity index (χ3v) is 3.32. The van der Waals surface area contributed by atoms with E-state index in [-0.39, 0.29) is 14.9 Å². The Bertz CT molecular complexity index is 654. The van der Waals surface area contributed by atoms with E-state index in [9.17, 15) is 0 Å². The Morgan fingerprint density at radius 2 is 0.378 bits per heavy atom. The quantitative estimate of drug-likeness (QED) is 0.220. The molecule has 0 aliphatic heterocycles. The molecular formula is C37H66. The number of hydrogen-bond acceptors (Lipinski definition) is 0. The van der Waals surface area contributed by atoms with Gasteiger partial charge in [0.2, 0.25) is 0 Å². The Labute approximate surface area is 235 Å². The van der Waals surface area contributed by atoms with E-state index in [1.807, 2.05) is 41.5 Å². The van der Waals surface area contributed by atoms with Crippen LogP contribution in [0.15, 0.2) is 97.1 Å². The standard InChI is InChI=1S/2C10H8.3C3H8.3C2H6.2CH4/c2*1-2-6-10-8-4-3-7-9(10)5-1;3*1-3-2;3*1-2;;/h2*1-8H;3*3H2,1-2H3;3*1-2H3;2*1H4. The molecule has 4 aromatic rings. The van der Waals surface area contributed by atoms with Gasteiger partial charge in [-0.05, 0) is 21.5 Å². The van der Waals surface area contributed by atoms with Crippen LogP contribution in [0.3, 0.4) is 0 Å².